The maximum Gasteiger partial charge on any atom is 0.275 e. The van der Waals surface area contributed by atoms with Gasteiger partial charge in [0.2, 0.25) is 5.91 Å². The minimum atomic E-state index is -0.490. The molecule has 2 amide bonds. The number of nitrogens with one attached hydrogen (secondary N) is 1. The maximum absolute atomic E-state index is 11.8. The van der Waals surface area contributed by atoms with Crippen molar-refractivity contribution in [3.63, 3.8) is 0 Å². The van der Waals surface area contributed by atoms with Gasteiger partial charge in [-0.1, -0.05) is 0 Å². The van der Waals surface area contributed by atoms with Gasteiger partial charge >= 0.3 is 0 Å². The van der Waals surface area contributed by atoms with Crippen LogP contribution in [-0.2, 0) is 0 Å². The van der Waals surface area contributed by atoms with Crippen LogP contribution in [0.1, 0.15) is 26.4 Å². The Morgan fingerprint density at radius 2 is 2.17 bits per heavy atom. The van der Waals surface area contributed by atoms with Crippen LogP contribution in [0, 0.1) is 6.92 Å². The second-order valence-corrected chi connectivity index (χ2v) is 4.44. The number of hydrogen-bond acceptors (Lipinski definition) is 4. The minimum absolute atomic E-state index is 0.272. The summed E-state index contributed by atoms with van der Waals surface area (Å²) in [6.07, 6.45) is 0. The molecule has 2 aromatic rings. The lowest BCUT2D eigenvalue weighted by atomic mass is 10.1. The van der Waals surface area contributed by atoms with Gasteiger partial charge in [0, 0.05) is 16.6 Å². The molecule has 0 saturated carbocycles. The van der Waals surface area contributed by atoms with Crippen molar-refractivity contribution in [2.24, 2.45) is 5.73 Å². The van der Waals surface area contributed by atoms with Crippen LogP contribution < -0.4 is 11.1 Å². The Morgan fingerprint density at radius 3 is 2.72 bits per heavy atom. The summed E-state index contributed by atoms with van der Waals surface area (Å²) in [6, 6.07) is 4.87. The van der Waals surface area contributed by atoms with Gasteiger partial charge in [0.25, 0.3) is 5.91 Å². The first-order valence-corrected chi connectivity index (χ1v) is 6.12. The summed E-state index contributed by atoms with van der Waals surface area (Å²) in [6.45, 7) is 1.79. The van der Waals surface area contributed by atoms with E-state index in [1.54, 1.807) is 36.0 Å². The molecule has 0 unspecified atom stereocenters. The number of aryl methyl sites for hydroxylation is 1. The number of benzene rings is 1. The molecular formula is C12H11N3O2S. The number of aromatic nitrogens is 1. The van der Waals surface area contributed by atoms with E-state index < -0.39 is 5.91 Å². The second kappa shape index (κ2) is 4.97. The van der Waals surface area contributed by atoms with Crippen LogP contribution in [0.5, 0.6) is 0 Å². The topological polar surface area (TPSA) is 85.1 Å². The van der Waals surface area contributed by atoms with Crippen LogP contribution in [0.25, 0.3) is 0 Å². The molecule has 92 valence electrons. The fourth-order valence-electron chi connectivity index (χ4n) is 1.47. The summed E-state index contributed by atoms with van der Waals surface area (Å²) in [5, 5.41) is 4.40. The van der Waals surface area contributed by atoms with Crippen LogP contribution in [0.3, 0.4) is 0 Å². The zero-order valence-corrected chi connectivity index (χ0v) is 10.5. The second-order valence-electron chi connectivity index (χ2n) is 3.72. The van der Waals surface area contributed by atoms with Crippen LogP contribution in [0.15, 0.2) is 29.1 Å². The molecular weight excluding hydrogens is 250 g/mol. The van der Waals surface area contributed by atoms with E-state index in [0.717, 1.165) is 5.56 Å². The van der Waals surface area contributed by atoms with Crippen LogP contribution >= 0.6 is 11.3 Å². The Morgan fingerprint density at radius 1 is 1.39 bits per heavy atom. The number of anilines is 1. The van der Waals surface area contributed by atoms with Crippen molar-refractivity contribution >= 4 is 28.8 Å². The molecule has 1 aromatic carbocycles. The lowest BCUT2D eigenvalue weighted by molar-refractivity contribution is 0.0998. The van der Waals surface area contributed by atoms with Gasteiger partial charge in [-0.2, -0.15) is 0 Å². The highest BCUT2D eigenvalue weighted by Gasteiger charge is 2.10. The summed E-state index contributed by atoms with van der Waals surface area (Å²) in [7, 11) is 0. The van der Waals surface area contributed by atoms with E-state index in [4.69, 9.17) is 5.73 Å². The average Bonchev–Trinajstić information content (AvgIpc) is 2.85. The lowest BCUT2D eigenvalue weighted by Gasteiger charge is -2.08. The number of primary amides is 1. The van der Waals surface area contributed by atoms with Crippen molar-refractivity contribution in [2.45, 2.75) is 6.92 Å². The van der Waals surface area contributed by atoms with Gasteiger partial charge in [-0.15, -0.1) is 11.3 Å². The predicted octanol–water partition coefficient (Wildman–Crippen LogP) is 1.80. The molecule has 1 aromatic heterocycles. The quantitative estimate of drug-likeness (QED) is 0.883. The molecule has 18 heavy (non-hydrogen) atoms. The molecule has 2 rings (SSSR count). The van der Waals surface area contributed by atoms with Crippen molar-refractivity contribution in [1.82, 2.24) is 4.98 Å². The highest BCUT2D eigenvalue weighted by atomic mass is 32.1. The number of carbonyl (C=O) groups excluding carboxylic acids is 2. The third kappa shape index (κ3) is 2.54. The molecule has 0 aliphatic carbocycles. The highest BCUT2D eigenvalue weighted by Crippen LogP contribution is 2.17. The van der Waals surface area contributed by atoms with E-state index in [-0.39, 0.29) is 5.91 Å². The van der Waals surface area contributed by atoms with E-state index in [9.17, 15) is 9.59 Å². The number of rotatable bonds is 3. The third-order valence-electron chi connectivity index (χ3n) is 2.42. The number of hydrogen-bond donors (Lipinski definition) is 2. The summed E-state index contributed by atoms with van der Waals surface area (Å²) in [5.74, 6) is -0.762. The fraction of sp³-hybridized carbons (Fsp3) is 0.0833. The zero-order chi connectivity index (χ0) is 13.1. The van der Waals surface area contributed by atoms with Gasteiger partial charge in [-0.05, 0) is 30.7 Å². The fourth-order valence-corrected chi connectivity index (χ4v) is 2.00. The number of nitrogens with zero attached hydrogens (tertiary/aromatic N) is 1. The molecule has 0 bridgehead atoms. The van der Waals surface area contributed by atoms with Crippen molar-refractivity contribution in [3.8, 4) is 0 Å². The first kappa shape index (κ1) is 12.3. The Kier molecular flexibility index (Phi) is 3.38. The van der Waals surface area contributed by atoms with Crippen LogP contribution in [0.2, 0.25) is 0 Å². The van der Waals surface area contributed by atoms with Gasteiger partial charge in [0.15, 0.2) is 0 Å². The number of nitrogens with two attached hydrogens (primary N) is 1. The number of thiazole rings is 1. The minimum Gasteiger partial charge on any atom is -0.366 e. The largest absolute Gasteiger partial charge is 0.366 e. The van der Waals surface area contributed by atoms with E-state index >= 15 is 0 Å². The third-order valence-corrected chi connectivity index (χ3v) is 3.01. The summed E-state index contributed by atoms with van der Waals surface area (Å²) < 4.78 is 0. The van der Waals surface area contributed by atoms with E-state index in [0.29, 0.717) is 16.9 Å². The molecule has 0 aliphatic heterocycles. The highest BCUT2D eigenvalue weighted by molar-refractivity contribution is 7.07. The molecule has 6 heteroatoms. The average molecular weight is 261 g/mol. The van der Waals surface area contributed by atoms with E-state index in [1.807, 2.05) is 0 Å². The molecule has 1 heterocycles. The first-order chi connectivity index (χ1) is 8.58. The van der Waals surface area contributed by atoms with Crippen molar-refractivity contribution < 1.29 is 9.59 Å². The Hall–Kier alpha value is -2.21. The standard InChI is InChI=1S/C12H11N3O2S/c1-7-4-8(11(13)16)2-3-9(7)15-12(17)10-5-18-6-14-10/h2-6H,1H3,(H2,13,16)(H,15,17). The van der Waals surface area contributed by atoms with Crippen molar-refractivity contribution in [1.29, 1.82) is 0 Å². The Bertz CT molecular complexity index is 593. The summed E-state index contributed by atoms with van der Waals surface area (Å²) in [5.41, 5.74) is 8.97. The molecule has 0 spiro atoms. The molecule has 0 atom stereocenters. The molecule has 5 nitrogen and oxygen atoms in total. The van der Waals surface area contributed by atoms with Gasteiger partial charge < -0.3 is 11.1 Å². The van der Waals surface area contributed by atoms with Gasteiger partial charge in [0.05, 0.1) is 5.51 Å². The predicted molar refractivity (Wildman–Crippen MR) is 69.8 cm³/mol. The first-order valence-electron chi connectivity index (χ1n) is 5.18. The maximum atomic E-state index is 11.8. The SMILES string of the molecule is Cc1cc(C(N)=O)ccc1NC(=O)c1cscn1. The number of amides is 2. The molecule has 0 aliphatic rings. The molecule has 0 saturated heterocycles. The zero-order valence-electron chi connectivity index (χ0n) is 9.64. The normalized spacial score (nSPS) is 10.1. The number of carbonyl (C=O) groups is 2. The van der Waals surface area contributed by atoms with Gasteiger partial charge in [-0.25, -0.2) is 4.98 Å². The smallest absolute Gasteiger partial charge is 0.275 e. The van der Waals surface area contributed by atoms with Crippen molar-refractivity contribution in [2.75, 3.05) is 5.32 Å². The van der Waals surface area contributed by atoms with Gasteiger partial charge in [0.1, 0.15) is 5.69 Å². The van der Waals surface area contributed by atoms with Crippen LogP contribution in [0.4, 0.5) is 5.69 Å². The van der Waals surface area contributed by atoms with Crippen LogP contribution in [-0.4, -0.2) is 16.8 Å². The van der Waals surface area contributed by atoms with E-state index in [1.165, 1.54) is 11.3 Å². The summed E-state index contributed by atoms with van der Waals surface area (Å²) in [4.78, 5) is 26.7. The Labute approximate surface area is 108 Å². The summed E-state index contributed by atoms with van der Waals surface area (Å²) >= 11 is 1.36. The Balaban J connectivity index is 2.20. The van der Waals surface area contributed by atoms with E-state index in [2.05, 4.69) is 10.3 Å². The van der Waals surface area contributed by atoms with Gasteiger partial charge in [-0.3, -0.25) is 9.59 Å². The lowest BCUT2D eigenvalue weighted by Crippen LogP contribution is -2.14. The van der Waals surface area contributed by atoms with Crippen molar-refractivity contribution in [3.05, 3.63) is 45.9 Å². The molecule has 0 fully saturated rings. The molecule has 3 N–H and O–H groups in total. The monoisotopic (exact) mass is 261 g/mol. The molecule has 0 radical (unpaired) electrons.